The lowest BCUT2D eigenvalue weighted by Gasteiger charge is -2.21. The van der Waals surface area contributed by atoms with E-state index in [1.807, 2.05) is 72.8 Å². The summed E-state index contributed by atoms with van der Waals surface area (Å²) in [5, 5.41) is 5.93. The van der Waals surface area contributed by atoms with Crippen molar-refractivity contribution in [2.75, 3.05) is 0 Å². The van der Waals surface area contributed by atoms with E-state index >= 15 is 0 Å². The highest BCUT2D eigenvalue weighted by molar-refractivity contribution is 6.14. The van der Waals surface area contributed by atoms with Gasteiger partial charge in [-0.3, -0.25) is 0 Å². The number of rotatable bonds is 5. The predicted molar refractivity (Wildman–Crippen MR) is 266 cm³/mol. The van der Waals surface area contributed by atoms with E-state index in [1.165, 1.54) is 33.4 Å². The lowest BCUT2D eigenvalue weighted by molar-refractivity contribution is 0.660. The first-order chi connectivity index (χ1) is 32.4. The molecule has 6 heteroatoms. The van der Waals surface area contributed by atoms with Gasteiger partial charge in [-0.15, -0.1) is 0 Å². The van der Waals surface area contributed by atoms with Crippen molar-refractivity contribution in [1.82, 2.24) is 15.0 Å². The maximum Gasteiger partial charge on any atom is 0.164 e. The minimum absolute atomic E-state index is 0.0550. The molecule has 66 heavy (non-hydrogen) atoms. The molecule has 0 aliphatic heterocycles. The fraction of sp³-hybridized carbons (Fsp3) is 0.0500. The molecule has 0 bridgehead atoms. The maximum atomic E-state index is 6.58. The number of hydrogen-bond acceptors (Lipinski definition) is 6. The van der Waals surface area contributed by atoms with Crippen molar-refractivity contribution < 1.29 is 13.3 Å². The predicted octanol–water partition coefficient (Wildman–Crippen LogP) is 16.2. The molecule has 0 saturated heterocycles. The highest BCUT2D eigenvalue weighted by atomic mass is 16.3. The maximum absolute atomic E-state index is 6.58. The van der Waals surface area contributed by atoms with Gasteiger partial charge < -0.3 is 13.3 Å². The fourth-order valence-electron chi connectivity index (χ4n) is 10.6. The summed E-state index contributed by atoms with van der Waals surface area (Å²) in [7, 11) is 0. The Labute approximate surface area is 378 Å². The van der Waals surface area contributed by atoms with E-state index in [9.17, 15) is 0 Å². The van der Waals surface area contributed by atoms with Gasteiger partial charge in [-0.1, -0.05) is 147 Å². The topological polar surface area (TPSA) is 78.1 Å². The Hall–Kier alpha value is -8.61. The van der Waals surface area contributed by atoms with Crippen LogP contribution in [-0.4, -0.2) is 15.0 Å². The van der Waals surface area contributed by atoms with Crippen molar-refractivity contribution >= 4 is 65.8 Å². The molecule has 0 saturated carbocycles. The van der Waals surface area contributed by atoms with Gasteiger partial charge in [0.05, 0.1) is 0 Å². The molecule has 1 aliphatic carbocycles. The average Bonchev–Trinajstić information content (AvgIpc) is 4.11. The minimum Gasteiger partial charge on any atom is -0.456 e. The Kier molecular flexibility index (Phi) is 7.64. The summed E-state index contributed by atoms with van der Waals surface area (Å²) >= 11 is 0. The van der Waals surface area contributed by atoms with E-state index in [0.717, 1.165) is 93.6 Å². The molecule has 9 aromatic carbocycles. The summed E-state index contributed by atoms with van der Waals surface area (Å²) in [4.78, 5) is 15.8. The quantitative estimate of drug-likeness (QED) is 0.172. The van der Waals surface area contributed by atoms with Crippen LogP contribution < -0.4 is 0 Å². The van der Waals surface area contributed by atoms with Gasteiger partial charge >= 0.3 is 0 Å². The molecule has 310 valence electrons. The van der Waals surface area contributed by atoms with Gasteiger partial charge in [0.2, 0.25) is 0 Å². The Bertz CT molecular complexity index is 4150. The molecule has 1 aliphatic rings. The van der Waals surface area contributed by atoms with Crippen molar-refractivity contribution in [3.63, 3.8) is 0 Å². The van der Waals surface area contributed by atoms with Crippen LogP contribution in [0.5, 0.6) is 0 Å². The Morgan fingerprint density at radius 3 is 1.55 bits per heavy atom. The summed E-state index contributed by atoms with van der Waals surface area (Å²) in [6, 6.07) is 65.5. The molecule has 6 nitrogen and oxygen atoms in total. The van der Waals surface area contributed by atoms with Gasteiger partial charge in [0.25, 0.3) is 0 Å². The summed E-state index contributed by atoms with van der Waals surface area (Å²) < 4.78 is 19.1. The first kappa shape index (κ1) is 36.8. The van der Waals surface area contributed by atoms with Crippen molar-refractivity contribution in [2.24, 2.45) is 0 Å². The second-order valence-electron chi connectivity index (χ2n) is 17.9. The summed E-state index contributed by atoms with van der Waals surface area (Å²) in [6.07, 6.45) is 0. The van der Waals surface area contributed by atoms with E-state index < -0.39 is 0 Å². The molecule has 0 spiro atoms. The first-order valence-electron chi connectivity index (χ1n) is 22.3. The van der Waals surface area contributed by atoms with Crippen LogP contribution in [0.2, 0.25) is 0 Å². The molecule has 4 heterocycles. The zero-order chi connectivity index (χ0) is 43.7. The van der Waals surface area contributed by atoms with Crippen LogP contribution in [0.15, 0.2) is 201 Å². The smallest absolute Gasteiger partial charge is 0.164 e. The summed E-state index contributed by atoms with van der Waals surface area (Å²) in [6.45, 7) is 4.66. The number of aromatic nitrogens is 3. The molecule has 13 aromatic rings. The minimum atomic E-state index is -0.0550. The van der Waals surface area contributed by atoms with Gasteiger partial charge in [-0.2, -0.15) is 0 Å². The van der Waals surface area contributed by atoms with Gasteiger partial charge in [-0.05, 0) is 99.1 Å². The third-order valence-corrected chi connectivity index (χ3v) is 13.8. The van der Waals surface area contributed by atoms with Crippen molar-refractivity contribution in [2.45, 2.75) is 19.3 Å². The van der Waals surface area contributed by atoms with Crippen LogP contribution >= 0.6 is 0 Å². The van der Waals surface area contributed by atoms with Crippen LogP contribution in [0.3, 0.4) is 0 Å². The number of hydrogen-bond donors (Lipinski definition) is 0. The third-order valence-electron chi connectivity index (χ3n) is 13.8. The normalized spacial score (nSPS) is 13.1. The summed E-state index contributed by atoms with van der Waals surface area (Å²) in [5.41, 5.74) is 17.3. The average molecular weight is 848 g/mol. The van der Waals surface area contributed by atoms with E-state index in [1.54, 1.807) is 0 Å². The molecule has 14 rings (SSSR count). The SMILES string of the molecule is CC1(C)c2ccccc2-c2c(-c3ccc(-c4ccc5oc6cccc(-c7nc(-c8ccc9oc%10ccccc%10c9c8)nc(-c8cccc9oc%10ccccc%10c89)n7)c6c5c4)cc3)cccc21. The summed E-state index contributed by atoms with van der Waals surface area (Å²) in [5.74, 6) is 1.64. The Balaban J connectivity index is 0.929. The molecular weight excluding hydrogens is 811 g/mol. The highest BCUT2D eigenvalue weighted by Crippen LogP contribution is 2.52. The number of furan rings is 3. The molecule has 0 atom stereocenters. The molecular formula is C60H37N3O3. The second kappa shape index (κ2) is 13.7. The van der Waals surface area contributed by atoms with E-state index in [2.05, 4.69) is 129 Å². The van der Waals surface area contributed by atoms with Crippen LogP contribution in [0.25, 0.3) is 133 Å². The van der Waals surface area contributed by atoms with Gasteiger partial charge in [-0.25, -0.2) is 15.0 Å². The molecule has 4 aromatic heterocycles. The van der Waals surface area contributed by atoms with Gasteiger partial charge in [0.15, 0.2) is 17.5 Å². The molecule has 0 fully saturated rings. The Morgan fingerprint density at radius 1 is 0.318 bits per heavy atom. The van der Waals surface area contributed by atoms with Crippen molar-refractivity contribution in [3.8, 4) is 67.5 Å². The zero-order valence-corrected chi connectivity index (χ0v) is 36.0. The number of fused-ring (bicyclic) bond motifs is 12. The second-order valence-corrected chi connectivity index (χ2v) is 17.9. The number of benzene rings is 9. The van der Waals surface area contributed by atoms with Crippen LogP contribution in [0.4, 0.5) is 0 Å². The fourth-order valence-corrected chi connectivity index (χ4v) is 10.6. The molecule has 0 N–H and O–H groups in total. The monoisotopic (exact) mass is 847 g/mol. The molecule has 0 amide bonds. The molecule has 0 radical (unpaired) electrons. The number of nitrogens with zero attached hydrogens (tertiary/aromatic N) is 3. The largest absolute Gasteiger partial charge is 0.456 e. The Morgan fingerprint density at radius 2 is 0.788 bits per heavy atom. The zero-order valence-electron chi connectivity index (χ0n) is 36.0. The van der Waals surface area contributed by atoms with Gasteiger partial charge in [0.1, 0.15) is 33.5 Å². The highest BCUT2D eigenvalue weighted by Gasteiger charge is 2.36. The van der Waals surface area contributed by atoms with E-state index in [0.29, 0.717) is 17.5 Å². The first-order valence-corrected chi connectivity index (χ1v) is 22.3. The standard InChI is InChI=1S/C60H37N3O3/c1-60(2)46-18-6-3-13-40(46)54-38(15-9-19-47(54)60)35-26-24-34(25-27-35)36-28-30-51-45(32-36)56-43(17-11-23-53(56)66-51)59-62-57(37-29-31-50-44(33-37)39-12-4-7-20-48(39)64-50)61-58(63-59)42-16-10-22-52-55(42)41-14-5-8-21-49(41)65-52/h3-33H,1-2H3. The van der Waals surface area contributed by atoms with Crippen LogP contribution in [0, 0.1) is 0 Å². The van der Waals surface area contributed by atoms with E-state index in [-0.39, 0.29) is 5.41 Å². The lowest BCUT2D eigenvalue weighted by atomic mass is 9.82. The van der Waals surface area contributed by atoms with E-state index in [4.69, 9.17) is 28.2 Å². The molecule has 0 unspecified atom stereocenters. The third kappa shape index (κ3) is 5.39. The number of para-hydroxylation sites is 2. The van der Waals surface area contributed by atoms with Crippen LogP contribution in [-0.2, 0) is 5.41 Å². The van der Waals surface area contributed by atoms with Gasteiger partial charge in [0, 0.05) is 54.4 Å². The lowest BCUT2D eigenvalue weighted by Crippen LogP contribution is -2.14. The van der Waals surface area contributed by atoms with Crippen molar-refractivity contribution in [1.29, 1.82) is 0 Å². The van der Waals surface area contributed by atoms with Crippen molar-refractivity contribution in [3.05, 3.63) is 199 Å². The van der Waals surface area contributed by atoms with Crippen LogP contribution in [0.1, 0.15) is 25.0 Å².